The Labute approximate surface area is 105 Å². The van der Waals surface area contributed by atoms with Crippen LogP contribution in [0.4, 0.5) is 4.79 Å². The molecule has 5 nitrogen and oxygen atoms in total. The number of amides is 1. The largest absolute Gasteiger partial charge is 0.478 e. The molecular weight excluding hydrogens is 234 g/mol. The normalized spacial score (nSPS) is 10.3. The van der Waals surface area contributed by atoms with Gasteiger partial charge in [-0.25, -0.2) is 9.59 Å². The molecule has 1 N–H and O–H groups in total. The molecule has 0 aliphatic rings. The van der Waals surface area contributed by atoms with Crippen LogP contribution in [-0.4, -0.2) is 36.2 Å². The van der Waals surface area contributed by atoms with E-state index >= 15 is 0 Å². The number of nitrogens with zero attached hydrogens (tertiary/aromatic N) is 1. The van der Waals surface area contributed by atoms with Crippen LogP contribution in [0.2, 0.25) is 0 Å². The van der Waals surface area contributed by atoms with Gasteiger partial charge in [0.1, 0.15) is 0 Å². The van der Waals surface area contributed by atoms with E-state index in [1.165, 1.54) is 18.1 Å². The molecule has 0 spiro atoms. The molecule has 5 heteroatoms. The van der Waals surface area contributed by atoms with Crippen LogP contribution >= 0.6 is 0 Å². The minimum Gasteiger partial charge on any atom is -0.478 e. The predicted octanol–water partition coefficient (Wildman–Crippen LogP) is 1.98. The second-order valence-electron chi connectivity index (χ2n) is 3.74. The summed E-state index contributed by atoms with van der Waals surface area (Å²) in [5.41, 5.74) is 1.73. The summed E-state index contributed by atoms with van der Waals surface area (Å²) in [6.07, 6.45) is 2.19. The maximum Gasteiger partial charge on any atom is 0.409 e. The molecule has 0 radical (unpaired) electrons. The highest BCUT2D eigenvalue weighted by Crippen LogP contribution is 2.08. The van der Waals surface area contributed by atoms with Crippen molar-refractivity contribution >= 4 is 18.1 Å². The number of carboxylic acids is 1. The fraction of sp³-hybridized carbons (Fsp3) is 0.231. The average molecular weight is 249 g/mol. The number of carbonyl (C=O) groups excluding carboxylic acids is 1. The second-order valence-corrected chi connectivity index (χ2v) is 3.74. The fourth-order valence-electron chi connectivity index (χ4n) is 1.40. The van der Waals surface area contributed by atoms with Gasteiger partial charge in [-0.1, -0.05) is 24.3 Å². The third kappa shape index (κ3) is 4.29. The topological polar surface area (TPSA) is 66.8 Å². The van der Waals surface area contributed by atoms with E-state index in [4.69, 9.17) is 5.11 Å². The quantitative estimate of drug-likeness (QED) is 0.828. The summed E-state index contributed by atoms with van der Waals surface area (Å²) < 4.78 is 4.58. The van der Waals surface area contributed by atoms with Crippen LogP contribution in [-0.2, 0) is 16.1 Å². The minimum atomic E-state index is -0.982. The number of hydrogen-bond acceptors (Lipinski definition) is 3. The second kappa shape index (κ2) is 6.44. The van der Waals surface area contributed by atoms with Crippen molar-refractivity contribution in [2.24, 2.45) is 0 Å². The molecule has 0 aromatic heterocycles. The Kier molecular flexibility index (Phi) is 4.92. The average Bonchev–Trinajstić information content (AvgIpc) is 2.36. The first-order valence-corrected chi connectivity index (χ1v) is 5.32. The maximum atomic E-state index is 11.2. The highest BCUT2D eigenvalue weighted by atomic mass is 16.5. The molecule has 1 amide bonds. The minimum absolute atomic E-state index is 0.398. The third-order valence-corrected chi connectivity index (χ3v) is 2.30. The molecule has 1 aromatic carbocycles. The molecule has 0 fully saturated rings. The Morgan fingerprint density at radius 2 is 1.94 bits per heavy atom. The van der Waals surface area contributed by atoms with Crippen molar-refractivity contribution in [3.05, 3.63) is 41.5 Å². The van der Waals surface area contributed by atoms with Crippen molar-refractivity contribution in [3.63, 3.8) is 0 Å². The van der Waals surface area contributed by atoms with E-state index < -0.39 is 12.1 Å². The van der Waals surface area contributed by atoms with Gasteiger partial charge in [-0.15, -0.1) is 0 Å². The third-order valence-electron chi connectivity index (χ3n) is 2.30. The van der Waals surface area contributed by atoms with Crippen molar-refractivity contribution in [1.29, 1.82) is 0 Å². The van der Waals surface area contributed by atoms with E-state index in [0.717, 1.165) is 17.2 Å². The Hall–Kier alpha value is -2.30. The Bertz CT molecular complexity index is 451. The van der Waals surface area contributed by atoms with Gasteiger partial charge in [-0.2, -0.15) is 0 Å². The van der Waals surface area contributed by atoms with Crippen molar-refractivity contribution in [3.8, 4) is 0 Å². The lowest BCUT2D eigenvalue weighted by molar-refractivity contribution is -0.131. The van der Waals surface area contributed by atoms with Gasteiger partial charge in [0.15, 0.2) is 0 Å². The molecule has 1 aromatic rings. The van der Waals surface area contributed by atoms with E-state index in [0.29, 0.717) is 6.54 Å². The molecule has 0 saturated carbocycles. The van der Waals surface area contributed by atoms with Crippen molar-refractivity contribution < 1.29 is 19.4 Å². The predicted molar refractivity (Wildman–Crippen MR) is 67.0 cm³/mol. The number of hydrogen-bond donors (Lipinski definition) is 1. The van der Waals surface area contributed by atoms with E-state index in [2.05, 4.69) is 4.74 Å². The lowest BCUT2D eigenvalue weighted by Crippen LogP contribution is -2.25. The Morgan fingerprint density at radius 3 is 2.44 bits per heavy atom. The summed E-state index contributed by atoms with van der Waals surface area (Å²) in [6.45, 7) is 0.440. The molecule has 0 atom stereocenters. The van der Waals surface area contributed by atoms with E-state index in [1.54, 1.807) is 19.2 Å². The number of benzene rings is 1. The Morgan fingerprint density at radius 1 is 1.33 bits per heavy atom. The summed E-state index contributed by atoms with van der Waals surface area (Å²) in [7, 11) is 2.97. The van der Waals surface area contributed by atoms with Gasteiger partial charge in [0, 0.05) is 19.7 Å². The van der Waals surface area contributed by atoms with Gasteiger partial charge in [-0.3, -0.25) is 0 Å². The molecule has 0 aliphatic heterocycles. The Balaban J connectivity index is 2.66. The van der Waals surface area contributed by atoms with Gasteiger partial charge >= 0.3 is 12.1 Å². The van der Waals surface area contributed by atoms with Crippen LogP contribution in [0.1, 0.15) is 11.1 Å². The summed E-state index contributed by atoms with van der Waals surface area (Å²) in [6, 6.07) is 7.25. The summed E-state index contributed by atoms with van der Waals surface area (Å²) in [4.78, 5) is 23.0. The SMILES string of the molecule is COC(=O)N(C)Cc1ccc(C=CC(=O)O)cc1. The number of carbonyl (C=O) groups is 2. The summed E-state index contributed by atoms with van der Waals surface area (Å²) >= 11 is 0. The van der Waals surface area contributed by atoms with Crippen molar-refractivity contribution in [2.45, 2.75) is 6.54 Å². The van der Waals surface area contributed by atoms with Crippen LogP contribution < -0.4 is 0 Å². The van der Waals surface area contributed by atoms with Gasteiger partial charge in [0.2, 0.25) is 0 Å². The number of rotatable bonds is 4. The molecule has 0 bridgehead atoms. The van der Waals surface area contributed by atoms with Crippen LogP contribution in [0.25, 0.3) is 6.08 Å². The maximum absolute atomic E-state index is 11.2. The van der Waals surface area contributed by atoms with E-state index in [9.17, 15) is 9.59 Å². The number of carboxylic acid groups (broad SMARTS) is 1. The number of aliphatic carboxylic acids is 1. The zero-order chi connectivity index (χ0) is 13.5. The van der Waals surface area contributed by atoms with Gasteiger partial charge in [-0.05, 0) is 17.2 Å². The van der Waals surface area contributed by atoms with Crippen LogP contribution in [0.5, 0.6) is 0 Å². The van der Waals surface area contributed by atoms with E-state index in [-0.39, 0.29) is 0 Å². The van der Waals surface area contributed by atoms with Crippen LogP contribution in [0, 0.1) is 0 Å². The molecule has 96 valence electrons. The summed E-state index contributed by atoms with van der Waals surface area (Å²) in [5, 5.41) is 8.49. The van der Waals surface area contributed by atoms with Crippen molar-refractivity contribution in [1.82, 2.24) is 4.90 Å². The zero-order valence-corrected chi connectivity index (χ0v) is 10.3. The molecular formula is C13H15NO4. The van der Waals surface area contributed by atoms with Crippen LogP contribution in [0.3, 0.4) is 0 Å². The number of methoxy groups -OCH3 is 1. The first-order valence-electron chi connectivity index (χ1n) is 5.32. The van der Waals surface area contributed by atoms with Crippen LogP contribution in [0.15, 0.2) is 30.3 Å². The summed E-state index contributed by atoms with van der Waals surface area (Å²) in [5.74, 6) is -0.982. The molecule has 1 rings (SSSR count). The zero-order valence-electron chi connectivity index (χ0n) is 10.3. The van der Waals surface area contributed by atoms with Gasteiger partial charge in [0.05, 0.1) is 7.11 Å². The molecule has 0 saturated heterocycles. The lowest BCUT2D eigenvalue weighted by atomic mass is 10.1. The molecule has 0 unspecified atom stereocenters. The van der Waals surface area contributed by atoms with Gasteiger partial charge < -0.3 is 14.7 Å². The lowest BCUT2D eigenvalue weighted by Gasteiger charge is -2.15. The molecule has 0 aliphatic carbocycles. The fourth-order valence-corrected chi connectivity index (χ4v) is 1.40. The monoisotopic (exact) mass is 249 g/mol. The first-order chi connectivity index (χ1) is 8.52. The molecule has 0 heterocycles. The number of ether oxygens (including phenoxy) is 1. The standard InChI is InChI=1S/C13H15NO4/c1-14(13(17)18-2)9-11-5-3-10(4-6-11)7-8-12(15)16/h3-8H,9H2,1-2H3,(H,15,16). The highest BCUT2D eigenvalue weighted by Gasteiger charge is 2.07. The molecule has 18 heavy (non-hydrogen) atoms. The van der Waals surface area contributed by atoms with E-state index in [1.807, 2.05) is 12.1 Å². The smallest absolute Gasteiger partial charge is 0.409 e. The van der Waals surface area contributed by atoms with Gasteiger partial charge in [0.25, 0.3) is 0 Å². The highest BCUT2D eigenvalue weighted by molar-refractivity contribution is 5.85. The first kappa shape index (κ1) is 13.8. The van der Waals surface area contributed by atoms with Crippen molar-refractivity contribution in [2.75, 3.05) is 14.2 Å².